The van der Waals surface area contributed by atoms with Crippen LogP contribution in [0.5, 0.6) is 5.75 Å². The zero-order valence-corrected chi connectivity index (χ0v) is 20.4. The SMILES string of the molecule is CC(C)(C)c1cnc(-c2ccccc2NC(=O)c2cc(OC[C@@H](O)CO)cc(-c3ccccc3)n2)o1. The lowest BCUT2D eigenvalue weighted by Crippen LogP contribution is -2.21. The highest BCUT2D eigenvalue weighted by Gasteiger charge is 2.22. The second kappa shape index (κ2) is 10.7. The quantitative estimate of drug-likeness (QED) is 0.330. The second-order valence-electron chi connectivity index (χ2n) is 9.37. The average Bonchev–Trinajstić information content (AvgIpc) is 3.39. The largest absolute Gasteiger partial charge is 0.491 e. The standard InChI is InChI=1S/C28H29N3O5/c1-28(2,3)25-15-29-27(36-25)21-11-7-8-12-22(21)31-26(34)24-14-20(35-17-19(33)16-32)13-23(30-24)18-9-5-4-6-10-18/h4-15,19,32-33H,16-17H2,1-3H3,(H,31,34)/t19-/m0/s1. The van der Waals surface area contributed by atoms with E-state index in [9.17, 15) is 9.90 Å². The molecule has 0 aliphatic rings. The fraction of sp³-hybridized carbons (Fsp3) is 0.250. The first-order chi connectivity index (χ1) is 17.2. The highest BCUT2D eigenvalue weighted by molar-refractivity contribution is 6.05. The molecule has 0 saturated carbocycles. The van der Waals surface area contributed by atoms with Gasteiger partial charge in [0, 0.05) is 23.1 Å². The Labute approximate surface area is 209 Å². The van der Waals surface area contributed by atoms with Gasteiger partial charge in [-0.2, -0.15) is 0 Å². The van der Waals surface area contributed by atoms with Gasteiger partial charge in [0.1, 0.15) is 29.9 Å². The average molecular weight is 488 g/mol. The van der Waals surface area contributed by atoms with Crippen LogP contribution in [0.25, 0.3) is 22.7 Å². The summed E-state index contributed by atoms with van der Waals surface area (Å²) in [6.07, 6.45) is 0.657. The number of nitrogens with zero attached hydrogens (tertiary/aromatic N) is 2. The van der Waals surface area contributed by atoms with Crippen LogP contribution >= 0.6 is 0 Å². The molecule has 0 bridgehead atoms. The number of para-hydroxylation sites is 1. The summed E-state index contributed by atoms with van der Waals surface area (Å²) in [6.45, 7) is 5.55. The normalized spacial score (nSPS) is 12.2. The van der Waals surface area contributed by atoms with Gasteiger partial charge in [0.2, 0.25) is 5.89 Å². The van der Waals surface area contributed by atoms with Crippen molar-refractivity contribution in [3.63, 3.8) is 0 Å². The number of rotatable bonds is 8. The molecule has 0 unspecified atom stereocenters. The summed E-state index contributed by atoms with van der Waals surface area (Å²) in [4.78, 5) is 22.3. The maximum Gasteiger partial charge on any atom is 0.274 e. The lowest BCUT2D eigenvalue weighted by atomic mass is 9.94. The van der Waals surface area contributed by atoms with E-state index < -0.39 is 18.6 Å². The number of aliphatic hydroxyl groups is 2. The summed E-state index contributed by atoms with van der Waals surface area (Å²) in [5.41, 5.74) is 2.42. The molecule has 0 spiro atoms. The number of aromatic nitrogens is 2. The first kappa shape index (κ1) is 25.1. The first-order valence-corrected chi connectivity index (χ1v) is 11.6. The van der Waals surface area contributed by atoms with Gasteiger partial charge in [0.05, 0.1) is 29.7 Å². The van der Waals surface area contributed by atoms with E-state index in [1.807, 2.05) is 69.3 Å². The van der Waals surface area contributed by atoms with Gasteiger partial charge in [-0.3, -0.25) is 4.79 Å². The lowest BCUT2D eigenvalue weighted by molar-refractivity contribution is 0.0535. The zero-order valence-electron chi connectivity index (χ0n) is 20.4. The number of hydrogen-bond acceptors (Lipinski definition) is 7. The maximum absolute atomic E-state index is 13.3. The number of pyridine rings is 1. The molecule has 2 heterocycles. The number of nitrogens with one attached hydrogen (secondary N) is 1. The molecule has 0 aliphatic carbocycles. The van der Waals surface area contributed by atoms with Gasteiger partial charge < -0.3 is 24.7 Å². The topological polar surface area (TPSA) is 118 Å². The van der Waals surface area contributed by atoms with Crippen molar-refractivity contribution >= 4 is 11.6 Å². The molecule has 0 fully saturated rings. The number of hydrogen-bond donors (Lipinski definition) is 3. The maximum atomic E-state index is 13.3. The highest BCUT2D eigenvalue weighted by Crippen LogP contribution is 2.32. The first-order valence-electron chi connectivity index (χ1n) is 11.6. The number of oxazole rings is 1. The molecule has 186 valence electrons. The fourth-order valence-corrected chi connectivity index (χ4v) is 3.42. The predicted molar refractivity (Wildman–Crippen MR) is 137 cm³/mol. The van der Waals surface area contributed by atoms with Crippen LogP contribution in [0.1, 0.15) is 37.0 Å². The number of amides is 1. The molecule has 1 amide bonds. The van der Waals surface area contributed by atoms with Crippen molar-refractivity contribution in [1.82, 2.24) is 9.97 Å². The Morgan fingerprint density at radius 1 is 1.08 bits per heavy atom. The van der Waals surface area contributed by atoms with Crippen molar-refractivity contribution in [2.75, 3.05) is 18.5 Å². The van der Waals surface area contributed by atoms with Crippen molar-refractivity contribution in [3.8, 4) is 28.5 Å². The number of benzene rings is 2. The van der Waals surface area contributed by atoms with E-state index in [-0.39, 0.29) is 17.7 Å². The van der Waals surface area contributed by atoms with Gasteiger partial charge in [-0.1, -0.05) is 63.2 Å². The van der Waals surface area contributed by atoms with Gasteiger partial charge >= 0.3 is 0 Å². The molecule has 36 heavy (non-hydrogen) atoms. The van der Waals surface area contributed by atoms with E-state index in [1.165, 1.54) is 6.07 Å². The van der Waals surface area contributed by atoms with Crippen LogP contribution in [0, 0.1) is 0 Å². The molecule has 0 aliphatic heterocycles. The number of carbonyl (C=O) groups excluding carboxylic acids is 1. The molecule has 0 saturated heterocycles. The van der Waals surface area contributed by atoms with E-state index in [0.29, 0.717) is 28.6 Å². The molecule has 0 radical (unpaired) electrons. The van der Waals surface area contributed by atoms with E-state index in [0.717, 1.165) is 11.3 Å². The minimum Gasteiger partial charge on any atom is -0.491 e. The molecule has 4 aromatic rings. The van der Waals surface area contributed by atoms with Crippen LogP contribution in [0.3, 0.4) is 0 Å². The third-order valence-corrected chi connectivity index (χ3v) is 5.40. The summed E-state index contributed by atoms with van der Waals surface area (Å²) in [5.74, 6) is 1.04. The van der Waals surface area contributed by atoms with Gasteiger partial charge in [0.25, 0.3) is 5.91 Å². The highest BCUT2D eigenvalue weighted by atomic mass is 16.5. The summed E-state index contributed by atoms with van der Waals surface area (Å²) in [6, 6.07) is 19.8. The Kier molecular flexibility index (Phi) is 7.47. The summed E-state index contributed by atoms with van der Waals surface area (Å²) in [5, 5.41) is 21.7. The summed E-state index contributed by atoms with van der Waals surface area (Å²) >= 11 is 0. The van der Waals surface area contributed by atoms with E-state index in [2.05, 4.69) is 15.3 Å². The van der Waals surface area contributed by atoms with Gasteiger partial charge in [-0.25, -0.2) is 9.97 Å². The van der Waals surface area contributed by atoms with Crippen molar-refractivity contribution in [3.05, 3.63) is 84.4 Å². The number of aliphatic hydroxyl groups excluding tert-OH is 2. The van der Waals surface area contributed by atoms with Crippen molar-refractivity contribution in [1.29, 1.82) is 0 Å². The Morgan fingerprint density at radius 2 is 1.81 bits per heavy atom. The van der Waals surface area contributed by atoms with Crippen LogP contribution in [-0.2, 0) is 5.41 Å². The van der Waals surface area contributed by atoms with Gasteiger partial charge in [-0.05, 0) is 12.1 Å². The minimum absolute atomic E-state index is 0.126. The monoisotopic (exact) mass is 487 g/mol. The summed E-state index contributed by atoms with van der Waals surface area (Å²) in [7, 11) is 0. The molecule has 1 atom stereocenters. The van der Waals surface area contributed by atoms with E-state index >= 15 is 0 Å². The minimum atomic E-state index is -1.04. The second-order valence-corrected chi connectivity index (χ2v) is 9.37. The Hall–Kier alpha value is -4.01. The van der Waals surface area contributed by atoms with E-state index in [4.69, 9.17) is 14.3 Å². The Morgan fingerprint density at radius 3 is 2.50 bits per heavy atom. The Balaban J connectivity index is 1.65. The smallest absolute Gasteiger partial charge is 0.274 e. The van der Waals surface area contributed by atoms with Crippen molar-refractivity contribution < 1.29 is 24.2 Å². The molecule has 2 aromatic heterocycles. The van der Waals surface area contributed by atoms with Crippen LogP contribution in [0.2, 0.25) is 0 Å². The summed E-state index contributed by atoms with van der Waals surface area (Å²) < 4.78 is 11.6. The molecular weight excluding hydrogens is 458 g/mol. The van der Waals surface area contributed by atoms with Crippen LogP contribution in [0.4, 0.5) is 5.69 Å². The molecule has 2 aromatic carbocycles. The van der Waals surface area contributed by atoms with Crippen molar-refractivity contribution in [2.45, 2.75) is 32.3 Å². The number of ether oxygens (including phenoxy) is 1. The molecule has 4 rings (SSSR count). The third kappa shape index (κ3) is 5.97. The van der Waals surface area contributed by atoms with Crippen molar-refractivity contribution in [2.24, 2.45) is 0 Å². The predicted octanol–water partition coefficient (Wildman–Crippen LogP) is 4.69. The van der Waals surface area contributed by atoms with Crippen LogP contribution < -0.4 is 10.1 Å². The van der Waals surface area contributed by atoms with Crippen LogP contribution in [0.15, 0.2) is 77.3 Å². The van der Waals surface area contributed by atoms with Crippen LogP contribution in [-0.4, -0.2) is 45.4 Å². The third-order valence-electron chi connectivity index (χ3n) is 5.40. The molecule has 8 heteroatoms. The fourth-order valence-electron chi connectivity index (χ4n) is 3.42. The Bertz CT molecular complexity index is 1330. The van der Waals surface area contributed by atoms with Gasteiger partial charge in [0.15, 0.2) is 0 Å². The number of carbonyl (C=O) groups is 1. The zero-order chi connectivity index (χ0) is 25.7. The lowest BCUT2D eigenvalue weighted by Gasteiger charge is -2.14. The van der Waals surface area contributed by atoms with E-state index in [1.54, 1.807) is 18.3 Å². The molecule has 3 N–H and O–H groups in total. The molecule has 8 nitrogen and oxygen atoms in total. The molecular formula is C28H29N3O5. The number of anilines is 1. The van der Waals surface area contributed by atoms with Gasteiger partial charge in [-0.15, -0.1) is 0 Å².